The van der Waals surface area contributed by atoms with E-state index in [9.17, 15) is 51.6 Å². The summed E-state index contributed by atoms with van der Waals surface area (Å²) in [5.41, 5.74) is 0.751. The van der Waals surface area contributed by atoms with Crippen molar-refractivity contribution in [1.29, 1.82) is 10.5 Å². The van der Waals surface area contributed by atoms with Gasteiger partial charge >= 0.3 is 24.4 Å². The van der Waals surface area contributed by atoms with Crippen molar-refractivity contribution in [3.8, 4) is 46.4 Å². The third-order valence-electron chi connectivity index (χ3n) is 13.9. The van der Waals surface area contributed by atoms with E-state index in [4.69, 9.17) is 24.1 Å². The first-order chi connectivity index (χ1) is 38.7. The van der Waals surface area contributed by atoms with Crippen molar-refractivity contribution < 1.29 is 65.1 Å². The number of aliphatic hydroxyl groups is 2. The maximum atomic E-state index is 13.7. The second kappa shape index (κ2) is 22.4. The molecule has 4 aromatic heterocycles. The van der Waals surface area contributed by atoms with Crippen LogP contribution in [0.4, 0.5) is 70.3 Å². The van der Waals surface area contributed by atoms with Gasteiger partial charge in [-0.3, -0.25) is 9.80 Å². The Kier molecular flexibility index (Phi) is 15.3. The van der Waals surface area contributed by atoms with Crippen molar-refractivity contribution in [2.45, 2.75) is 69.1 Å². The predicted octanol–water partition coefficient (Wildman–Crippen LogP) is 8.59. The highest BCUT2D eigenvalue weighted by atomic mass is 19.4. The Morgan fingerprint density at radius 2 is 1.22 bits per heavy atom. The summed E-state index contributed by atoms with van der Waals surface area (Å²) >= 11 is 0. The number of ether oxygens (including phenoxy) is 4. The van der Waals surface area contributed by atoms with E-state index >= 15 is 0 Å². The zero-order valence-corrected chi connectivity index (χ0v) is 43.2. The van der Waals surface area contributed by atoms with Gasteiger partial charge < -0.3 is 49.6 Å². The molecule has 0 spiro atoms. The molecular formula is C55H50F6N12O8. The highest BCUT2D eigenvalue weighted by Crippen LogP contribution is 2.45. The van der Waals surface area contributed by atoms with E-state index in [1.54, 1.807) is 30.3 Å². The fraction of sp³-hybridized carbons (Fsp3) is 0.345. The fourth-order valence-corrected chi connectivity index (χ4v) is 10.1. The number of benzene rings is 2. The summed E-state index contributed by atoms with van der Waals surface area (Å²) in [5.74, 6) is 0.246. The van der Waals surface area contributed by atoms with Crippen LogP contribution in [0.3, 0.4) is 0 Å². The van der Waals surface area contributed by atoms with Crippen molar-refractivity contribution in [3.05, 3.63) is 120 Å². The average Bonchev–Trinajstić information content (AvgIpc) is 3.75. The Labute approximate surface area is 458 Å². The summed E-state index contributed by atoms with van der Waals surface area (Å²) < 4.78 is 103. The van der Waals surface area contributed by atoms with Crippen LogP contribution in [0.2, 0.25) is 0 Å². The molecule has 11 rings (SSSR count). The number of fused-ring (bicyclic) bond motifs is 8. The molecule has 4 amide bonds. The van der Waals surface area contributed by atoms with Crippen LogP contribution in [-0.2, 0) is 21.8 Å². The molecule has 0 unspecified atom stereocenters. The number of aromatic nitrogens is 4. The lowest BCUT2D eigenvalue weighted by molar-refractivity contribution is -0.141. The molecule has 0 saturated carbocycles. The molecule has 4 atom stereocenters. The number of alkyl halides is 6. The van der Waals surface area contributed by atoms with E-state index < -0.39 is 54.0 Å². The minimum Gasteiger partial charge on any atom is -0.475 e. The van der Waals surface area contributed by atoms with Crippen molar-refractivity contribution in [2.75, 3.05) is 82.8 Å². The standard InChI is InChI=1S/C29H27F3N6O4.C26H23F3N6O4/c1-28(2)41-16-22(42-28)15-40-24-12-20(6-8-34-24)35-27(39)38-21-7-9-37(14-21)23-11-18(13-33)25(36-26(23)38)17-4-3-5-19(10-17)29(30,31)32;27-26(28,29)17-3-1-2-15(8-17)23-16(11-30)9-21-24(33-23)35(19-5-7-34(21)12-19)25(38)32-18-4-6-31-22(10-18)39-14-20(37)13-36/h3-6,8,10-12,21-22H,7,9,14-16H2,1-2H3,(H,34,35,39);1-4,6,8-10,19-20,36-37H,5,7,12-14H2,(H,31,32,38)/t21-,22+;19-,20-/m00/s1. The van der Waals surface area contributed by atoms with Crippen LogP contribution >= 0.6 is 0 Å². The molecule has 6 aromatic rings. The van der Waals surface area contributed by atoms with E-state index in [0.717, 1.165) is 24.3 Å². The molecule has 420 valence electrons. The molecule has 81 heavy (non-hydrogen) atoms. The number of hydrogen-bond acceptors (Lipinski definition) is 16. The van der Waals surface area contributed by atoms with Gasteiger partial charge in [0.05, 0.1) is 70.3 Å². The van der Waals surface area contributed by atoms with Crippen LogP contribution in [0.15, 0.2) is 97.3 Å². The number of nitrogens with zero attached hydrogens (tertiary/aromatic N) is 10. The fourth-order valence-electron chi connectivity index (χ4n) is 10.1. The summed E-state index contributed by atoms with van der Waals surface area (Å²) in [4.78, 5) is 51.7. The van der Waals surface area contributed by atoms with Crippen molar-refractivity contribution >= 4 is 46.4 Å². The van der Waals surface area contributed by atoms with Crippen molar-refractivity contribution in [1.82, 2.24) is 19.9 Å². The van der Waals surface area contributed by atoms with Crippen LogP contribution in [0.5, 0.6) is 11.8 Å². The first-order valence-electron chi connectivity index (χ1n) is 25.4. The lowest BCUT2D eigenvalue weighted by Crippen LogP contribution is -2.48. The van der Waals surface area contributed by atoms with E-state index in [0.29, 0.717) is 68.4 Å². The van der Waals surface area contributed by atoms with Gasteiger partial charge in [-0.2, -0.15) is 36.9 Å². The number of nitrogens with one attached hydrogen (secondary N) is 2. The summed E-state index contributed by atoms with van der Waals surface area (Å²) in [6, 6.07) is 21.2. The maximum Gasteiger partial charge on any atom is 0.416 e. The van der Waals surface area contributed by atoms with E-state index in [1.807, 2.05) is 29.7 Å². The number of urea groups is 2. The number of hydrogen-bond donors (Lipinski definition) is 4. The zero-order valence-electron chi connectivity index (χ0n) is 43.2. The summed E-state index contributed by atoms with van der Waals surface area (Å²) in [5, 5.41) is 43.7. The summed E-state index contributed by atoms with van der Waals surface area (Å²) in [7, 11) is 0. The Morgan fingerprint density at radius 1 is 0.741 bits per heavy atom. The zero-order chi connectivity index (χ0) is 57.4. The number of carbonyl (C=O) groups is 2. The normalized spacial score (nSPS) is 18.8. The van der Waals surface area contributed by atoms with Gasteiger partial charge in [0.25, 0.3) is 0 Å². The molecule has 4 N–H and O–H groups in total. The molecule has 26 heteroatoms. The Hall–Kier alpha value is -8.82. The minimum absolute atomic E-state index is 0.0460. The minimum atomic E-state index is -4.57. The first kappa shape index (κ1) is 55.5. The topological polar surface area (TPSA) is 248 Å². The van der Waals surface area contributed by atoms with Crippen LogP contribution in [0, 0.1) is 22.7 Å². The second-order valence-corrected chi connectivity index (χ2v) is 19.9. The van der Waals surface area contributed by atoms with Crippen LogP contribution in [-0.4, -0.2) is 125 Å². The Bertz CT molecular complexity index is 3470. The predicted molar refractivity (Wildman–Crippen MR) is 280 cm³/mol. The largest absolute Gasteiger partial charge is 0.475 e. The number of carbonyl (C=O) groups excluding carboxylic acids is 2. The van der Waals surface area contributed by atoms with E-state index in [-0.39, 0.29) is 88.4 Å². The van der Waals surface area contributed by atoms with E-state index in [2.05, 4.69) is 36.6 Å². The second-order valence-electron chi connectivity index (χ2n) is 19.9. The number of pyridine rings is 4. The number of aliphatic hydroxyl groups excluding tert-OH is 2. The van der Waals surface area contributed by atoms with Crippen LogP contribution < -0.4 is 39.7 Å². The van der Waals surface area contributed by atoms with Gasteiger partial charge in [0, 0.05) is 73.2 Å². The quantitative estimate of drug-likeness (QED) is 0.0887. The maximum absolute atomic E-state index is 13.7. The number of halogens is 6. The summed E-state index contributed by atoms with van der Waals surface area (Å²) in [6.07, 6.45) is -6.27. The lowest BCUT2D eigenvalue weighted by Gasteiger charge is -2.36. The highest BCUT2D eigenvalue weighted by Gasteiger charge is 2.43. The molecule has 3 saturated heterocycles. The molecule has 4 bridgehead atoms. The molecule has 9 heterocycles. The molecule has 5 aliphatic rings. The van der Waals surface area contributed by atoms with Crippen molar-refractivity contribution in [2.24, 2.45) is 0 Å². The molecule has 2 aromatic carbocycles. The lowest BCUT2D eigenvalue weighted by atomic mass is 10.0. The molecule has 20 nitrogen and oxygen atoms in total. The monoisotopic (exact) mass is 1120 g/mol. The highest BCUT2D eigenvalue weighted by molar-refractivity contribution is 6.06. The summed E-state index contributed by atoms with van der Waals surface area (Å²) in [6.45, 7) is 5.90. The SMILES string of the molecule is CC1(C)OC[C@@H](COc2cc(NC(=O)N3c4nc(-c5cccc(C(F)(F)F)c5)c(C#N)cc4N4CC[C@H]3C4)ccn2)O1.N#Cc1cc2c(nc1-c1cccc(C(F)(F)F)c1)N(C(=O)Nc1ccnc(OC[C@@H](O)CO)c1)[C@H]1CCN2C1. The number of nitriles is 2. The van der Waals surface area contributed by atoms with Crippen LogP contribution in [0.1, 0.15) is 48.9 Å². The smallest absolute Gasteiger partial charge is 0.416 e. The number of rotatable bonds is 11. The van der Waals surface area contributed by atoms with Gasteiger partial charge in [-0.05, 0) is 75.2 Å². The van der Waals surface area contributed by atoms with Gasteiger partial charge in [-0.1, -0.05) is 24.3 Å². The number of amides is 4. The number of anilines is 6. The molecule has 5 aliphatic heterocycles. The van der Waals surface area contributed by atoms with Gasteiger partial charge in [0.2, 0.25) is 11.8 Å². The third kappa shape index (κ3) is 12.0. The van der Waals surface area contributed by atoms with Gasteiger partial charge in [-0.15, -0.1) is 0 Å². The van der Waals surface area contributed by atoms with Gasteiger partial charge in [0.1, 0.15) is 37.6 Å². The average molecular weight is 1120 g/mol. The van der Waals surface area contributed by atoms with Crippen LogP contribution in [0.25, 0.3) is 22.5 Å². The third-order valence-corrected chi connectivity index (χ3v) is 13.9. The van der Waals surface area contributed by atoms with Crippen molar-refractivity contribution in [3.63, 3.8) is 0 Å². The van der Waals surface area contributed by atoms with Gasteiger partial charge in [-0.25, -0.2) is 29.5 Å². The molecular weight excluding hydrogens is 1070 g/mol. The molecule has 0 radical (unpaired) electrons. The van der Waals surface area contributed by atoms with E-state index in [1.165, 1.54) is 52.5 Å². The molecule has 3 fully saturated rings. The Balaban J connectivity index is 0.000000182. The Morgan fingerprint density at radius 3 is 1.65 bits per heavy atom. The molecule has 0 aliphatic carbocycles. The van der Waals surface area contributed by atoms with Gasteiger partial charge in [0.15, 0.2) is 17.4 Å². The first-order valence-corrected chi connectivity index (χ1v) is 25.4.